The predicted octanol–water partition coefficient (Wildman–Crippen LogP) is 1.72. The van der Waals surface area contributed by atoms with Gasteiger partial charge in [0.1, 0.15) is 5.54 Å². The Hall–Kier alpha value is -0.650. The van der Waals surface area contributed by atoms with Gasteiger partial charge in [-0.25, -0.2) is 0 Å². The maximum atomic E-state index is 11.6. The standard InChI is InChI=1S/C16H30N2O3/c1-3-21-14-7-11-18(12-8-14)10-6-13-5-4-9-16(13,17-2)15(19)20/h13-14,17H,3-12H2,1-2H3,(H,19,20). The molecular formula is C16H30N2O3. The molecule has 2 unspecified atom stereocenters. The molecule has 0 aromatic carbocycles. The van der Waals surface area contributed by atoms with Crippen LogP contribution in [0.4, 0.5) is 0 Å². The van der Waals surface area contributed by atoms with E-state index in [1.54, 1.807) is 7.05 Å². The third kappa shape index (κ3) is 3.76. The van der Waals surface area contributed by atoms with Crippen molar-refractivity contribution in [2.45, 2.75) is 57.1 Å². The summed E-state index contributed by atoms with van der Waals surface area (Å²) >= 11 is 0. The van der Waals surface area contributed by atoms with Gasteiger partial charge in [0.15, 0.2) is 0 Å². The zero-order valence-corrected chi connectivity index (χ0v) is 13.4. The quantitative estimate of drug-likeness (QED) is 0.749. The average Bonchev–Trinajstić information content (AvgIpc) is 2.91. The molecule has 0 amide bonds. The van der Waals surface area contributed by atoms with Crippen molar-refractivity contribution in [1.29, 1.82) is 0 Å². The average molecular weight is 298 g/mol. The fourth-order valence-corrected chi connectivity index (χ4v) is 4.06. The zero-order chi connectivity index (χ0) is 15.3. The molecule has 5 heteroatoms. The lowest BCUT2D eigenvalue weighted by molar-refractivity contribution is -0.146. The van der Waals surface area contributed by atoms with Crippen LogP contribution in [-0.4, -0.2) is 60.9 Å². The van der Waals surface area contributed by atoms with Crippen molar-refractivity contribution in [1.82, 2.24) is 10.2 Å². The number of carbonyl (C=O) groups is 1. The zero-order valence-electron chi connectivity index (χ0n) is 13.4. The molecule has 1 heterocycles. The summed E-state index contributed by atoms with van der Waals surface area (Å²) in [7, 11) is 1.79. The van der Waals surface area contributed by atoms with Crippen molar-refractivity contribution in [3.63, 3.8) is 0 Å². The summed E-state index contributed by atoms with van der Waals surface area (Å²) in [5, 5.41) is 12.7. The number of piperidine rings is 1. The highest BCUT2D eigenvalue weighted by atomic mass is 16.5. The van der Waals surface area contributed by atoms with Crippen molar-refractivity contribution >= 4 is 5.97 Å². The van der Waals surface area contributed by atoms with E-state index in [0.717, 1.165) is 64.8 Å². The Kier molecular flexibility index (Phi) is 6.02. The van der Waals surface area contributed by atoms with E-state index in [0.29, 0.717) is 6.10 Å². The first-order valence-electron chi connectivity index (χ1n) is 8.38. The van der Waals surface area contributed by atoms with E-state index < -0.39 is 11.5 Å². The van der Waals surface area contributed by atoms with Gasteiger partial charge in [-0.15, -0.1) is 0 Å². The first-order valence-corrected chi connectivity index (χ1v) is 8.38. The van der Waals surface area contributed by atoms with Gasteiger partial charge in [0, 0.05) is 19.7 Å². The Morgan fingerprint density at radius 1 is 1.38 bits per heavy atom. The molecule has 2 atom stereocenters. The van der Waals surface area contributed by atoms with Gasteiger partial charge in [-0.3, -0.25) is 4.79 Å². The highest BCUT2D eigenvalue weighted by Crippen LogP contribution is 2.38. The number of hydrogen-bond donors (Lipinski definition) is 2. The number of rotatable bonds is 7. The van der Waals surface area contributed by atoms with E-state index in [1.165, 1.54) is 0 Å². The number of hydrogen-bond acceptors (Lipinski definition) is 4. The van der Waals surface area contributed by atoms with Crippen molar-refractivity contribution in [3.8, 4) is 0 Å². The number of nitrogens with zero attached hydrogens (tertiary/aromatic N) is 1. The Morgan fingerprint density at radius 2 is 2.10 bits per heavy atom. The topological polar surface area (TPSA) is 61.8 Å². The van der Waals surface area contributed by atoms with Crippen LogP contribution >= 0.6 is 0 Å². The largest absolute Gasteiger partial charge is 0.480 e. The predicted molar refractivity (Wildman–Crippen MR) is 82.5 cm³/mol. The molecule has 0 bridgehead atoms. The summed E-state index contributed by atoms with van der Waals surface area (Å²) < 4.78 is 5.68. The van der Waals surface area contributed by atoms with E-state index in [9.17, 15) is 9.90 Å². The van der Waals surface area contributed by atoms with Crippen LogP contribution in [0.2, 0.25) is 0 Å². The number of likely N-dealkylation sites (N-methyl/N-ethyl adjacent to an activating group) is 1. The minimum Gasteiger partial charge on any atom is -0.480 e. The molecule has 1 aliphatic carbocycles. The molecule has 1 saturated heterocycles. The Morgan fingerprint density at radius 3 is 2.67 bits per heavy atom. The second-order valence-electron chi connectivity index (χ2n) is 6.40. The molecule has 0 aromatic rings. The van der Waals surface area contributed by atoms with Gasteiger partial charge < -0.3 is 20.1 Å². The van der Waals surface area contributed by atoms with Gasteiger partial charge in [-0.1, -0.05) is 6.42 Å². The molecule has 1 aliphatic heterocycles. The Balaban J connectivity index is 1.79. The lowest BCUT2D eigenvalue weighted by atomic mass is 9.84. The number of carboxylic acids is 1. The lowest BCUT2D eigenvalue weighted by Crippen LogP contribution is -2.53. The maximum Gasteiger partial charge on any atom is 0.324 e. The molecule has 0 spiro atoms. The van der Waals surface area contributed by atoms with Gasteiger partial charge in [-0.05, 0) is 58.5 Å². The van der Waals surface area contributed by atoms with Crippen LogP contribution in [0.25, 0.3) is 0 Å². The van der Waals surface area contributed by atoms with E-state index >= 15 is 0 Å². The van der Waals surface area contributed by atoms with Crippen molar-refractivity contribution in [3.05, 3.63) is 0 Å². The molecule has 21 heavy (non-hydrogen) atoms. The lowest BCUT2D eigenvalue weighted by Gasteiger charge is -2.35. The van der Waals surface area contributed by atoms with Crippen molar-refractivity contribution < 1.29 is 14.6 Å². The van der Waals surface area contributed by atoms with Crippen LogP contribution in [0.15, 0.2) is 0 Å². The molecule has 2 aliphatic rings. The fourth-order valence-electron chi connectivity index (χ4n) is 4.06. The normalized spacial score (nSPS) is 31.6. The highest BCUT2D eigenvalue weighted by molar-refractivity contribution is 5.79. The maximum absolute atomic E-state index is 11.6. The molecule has 2 fully saturated rings. The SMILES string of the molecule is CCOC1CCN(CCC2CCCC2(NC)C(=O)O)CC1. The van der Waals surface area contributed by atoms with Gasteiger partial charge in [0.25, 0.3) is 0 Å². The number of carboxylic acid groups (broad SMARTS) is 1. The highest BCUT2D eigenvalue weighted by Gasteiger charge is 2.47. The number of aliphatic carboxylic acids is 1. The third-order valence-electron chi connectivity index (χ3n) is 5.38. The van der Waals surface area contributed by atoms with Gasteiger partial charge in [0.05, 0.1) is 6.10 Å². The second-order valence-corrected chi connectivity index (χ2v) is 6.40. The Bertz CT molecular complexity index is 342. The number of ether oxygens (including phenoxy) is 1. The van der Waals surface area contributed by atoms with Crippen LogP contribution in [0, 0.1) is 5.92 Å². The smallest absolute Gasteiger partial charge is 0.324 e. The molecular weight excluding hydrogens is 268 g/mol. The molecule has 1 saturated carbocycles. The molecule has 0 aromatic heterocycles. The monoisotopic (exact) mass is 298 g/mol. The molecule has 122 valence electrons. The van der Waals surface area contributed by atoms with E-state index in [2.05, 4.69) is 17.1 Å². The molecule has 5 nitrogen and oxygen atoms in total. The summed E-state index contributed by atoms with van der Waals surface area (Å²) in [4.78, 5) is 14.1. The van der Waals surface area contributed by atoms with Crippen molar-refractivity contribution in [2.24, 2.45) is 5.92 Å². The van der Waals surface area contributed by atoms with E-state index in [-0.39, 0.29) is 5.92 Å². The second kappa shape index (κ2) is 7.56. The van der Waals surface area contributed by atoms with Gasteiger partial charge >= 0.3 is 5.97 Å². The third-order valence-corrected chi connectivity index (χ3v) is 5.38. The fraction of sp³-hybridized carbons (Fsp3) is 0.938. The van der Waals surface area contributed by atoms with Crippen LogP contribution in [0.3, 0.4) is 0 Å². The summed E-state index contributed by atoms with van der Waals surface area (Å²) in [6.45, 7) is 6.03. The van der Waals surface area contributed by atoms with Crippen LogP contribution in [0.1, 0.15) is 45.4 Å². The minimum absolute atomic E-state index is 0.254. The van der Waals surface area contributed by atoms with Gasteiger partial charge in [0.2, 0.25) is 0 Å². The van der Waals surface area contributed by atoms with Crippen LogP contribution in [0.5, 0.6) is 0 Å². The molecule has 2 N–H and O–H groups in total. The van der Waals surface area contributed by atoms with Crippen molar-refractivity contribution in [2.75, 3.05) is 33.3 Å². The summed E-state index contributed by atoms with van der Waals surface area (Å²) in [5.41, 5.74) is -0.691. The number of likely N-dealkylation sites (tertiary alicyclic amines) is 1. The summed E-state index contributed by atoms with van der Waals surface area (Å²) in [6, 6.07) is 0. The van der Waals surface area contributed by atoms with Crippen LogP contribution in [-0.2, 0) is 9.53 Å². The summed E-state index contributed by atoms with van der Waals surface area (Å²) in [6.07, 6.45) is 6.42. The first kappa shape index (κ1) is 16.7. The van der Waals surface area contributed by atoms with E-state index in [4.69, 9.17) is 4.74 Å². The van der Waals surface area contributed by atoms with Crippen LogP contribution < -0.4 is 5.32 Å². The molecule has 2 rings (SSSR count). The summed E-state index contributed by atoms with van der Waals surface area (Å²) in [5.74, 6) is -0.424. The Labute approximate surface area is 128 Å². The molecule has 0 radical (unpaired) electrons. The van der Waals surface area contributed by atoms with Gasteiger partial charge in [-0.2, -0.15) is 0 Å². The van der Waals surface area contributed by atoms with E-state index in [1.807, 2.05) is 0 Å². The number of nitrogens with one attached hydrogen (secondary N) is 1. The first-order chi connectivity index (χ1) is 10.1. The minimum atomic E-state index is -0.691.